The molecule has 1 heterocycles. The zero-order valence-corrected chi connectivity index (χ0v) is 15.8. The van der Waals surface area contributed by atoms with Gasteiger partial charge in [0, 0.05) is 17.3 Å². The average Bonchev–Trinajstić information content (AvgIpc) is 2.96. The minimum Gasteiger partial charge on any atom is -0.362 e. The molecule has 3 rings (SSSR count). The molecule has 0 bridgehead atoms. The van der Waals surface area contributed by atoms with E-state index in [2.05, 4.69) is 5.32 Å². The third kappa shape index (κ3) is 4.00. The Balaban J connectivity index is 1.68. The molecular weight excluding hydrogens is 374 g/mol. The smallest absolute Gasteiger partial charge is 0.239 e. The molecule has 0 aliphatic carbocycles. The molecule has 6 nitrogen and oxygen atoms in total. The normalized spacial score (nSPS) is 14.8. The SMILES string of the molecule is C[C@@H](NC(=O)CN1CCc2cc(S(N)(=O)=O)ccc21)c1ccccc1Cl. The summed E-state index contributed by atoms with van der Waals surface area (Å²) in [5.74, 6) is -0.124. The Kier molecular flexibility index (Phi) is 5.22. The van der Waals surface area contributed by atoms with Crippen LogP contribution in [0, 0.1) is 0 Å². The summed E-state index contributed by atoms with van der Waals surface area (Å²) in [6.07, 6.45) is 0.673. The van der Waals surface area contributed by atoms with Gasteiger partial charge in [0.05, 0.1) is 17.5 Å². The van der Waals surface area contributed by atoms with Gasteiger partial charge in [-0.3, -0.25) is 4.79 Å². The van der Waals surface area contributed by atoms with Gasteiger partial charge in [-0.25, -0.2) is 13.6 Å². The van der Waals surface area contributed by atoms with Crippen LogP contribution in [0.15, 0.2) is 47.4 Å². The molecule has 3 N–H and O–H groups in total. The van der Waals surface area contributed by atoms with Crippen molar-refractivity contribution in [1.29, 1.82) is 0 Å². The summed E-state index contributed by atoms with van der Waals surface area (Å²) in [4.78, 5) is 14.4. The molecule has 1 aliphatic heterocycles. The topological polar surface area (TPSA) is 92.5 Å². The van der Waals surface area contributed by atoms with Crippen LogP contribution in [0.2, 0.25) is 5.02 Å². The van der Waals surface area contributed by atoms with Gasteiger partial charge in [0.15, 0.2) is 0 Å². The van der Waals surface area contributed by atoms with Crippen LogP contribution in [-0.2, 0) is 21.2 Å². The first kappa shape index (κ1) is 18.7. The van der Waals surface area contributed by atoms with Crippen molar-refractivity contribution in [1.82, 2.24) is 5.32 Å². The molecule has 0 saturated carbocycles. The highest BCUT2D eigenvalue weighted by Crippen LogP contribution is 2.30. The van der Waals surface area contributed by atoms with Gasteiger partial charge in [-0.15, -0.1) is 0 Å². The fourth-order valence-corrected chi connectivity index (χ4v) is 4.02. The average molecular weight is 394 g/mol. The van der Waals surface area contributed by atoms with Crippen molar-refractivity contribution in [2.24, 2.45) is 5.14 Å². The van der Waals surface area contributed by atoms with E-state index in [9.17, 15) is 13.2 Å². The summed E-state index contributed by atoms with van der Waals surface area (Å²) >= 11 is 6.17. The highest BCUT2D eigenvalue weighted by molar-refractivity contribution is 7.89. The molecule has 1 atom stereocenters. The third-order valence-corrected chi connectivity index (χ3v) is 5.71. The number of anilines is 1. The van der Waals surface area contributed by atoms with Crippen LogP contribution in [0.3, 0.4) is 0 Å². The summed E-state index contributed by atoms with van der Waals surface area (Å²) in [6.45, 7) is 2.73. The van der Waals surface area contributed by atoms with Crippen LogP contribution in [0.4, 0.5) is 5.69 Å². The van der Waals surface area contributed by atoms with E-state index in [1.54, 1.807) is 18.2 Å². The second-order valence-corrected chi connectivity index (χ2v) is 8.29. The molecule has 0 radical (unpaired) electrons. The van der Waals surface area contributed by atoms with Crippen LogP contribution >= 0.6 is 11.6 Å². The predicted molar refractivity (Wildman–Crippen MR) is 102 cm³/mol. The number of carbonyl (C=O) groups excluding carboxylic acids is 1. The Morgan fingerprint density at radius 2 is 2.04 bits per heavy atom. The number of primary sulfonamides is 1. The molecule has 0 fully saturated rings. The third-order valence-electron chi connectivity index (χ3n) is 4.45. The molecule has 26 heavy (non-hydrogen) atoms. The number of nitrogens with two attached hydrogens (primary N) is 1. The number of hydrogen-bond acceptors (Lipinski definition) is 4. The lowest BCUT2D eigenvalue weighted by atomic mass is 10.1. The number of hydrogen-bond donors (Lipinski definition) is 2. The number of amides is 1. The first-order valence-electron chi connectivity index (χ1n) is 8.20. The minimum atomic E-state index is -3.73. The number of benzene rings is 2. The van der Waals surface area contributed by atoms with Crippen molar-refractivity contribution in [2.45, 2.75) is 24.3 Å². The maximum absolute atomic E-state index is 12.4. The lowest BCUT2D eigenvalue weighted by molar-refractivity contribution is -0.120. The monoisotopic (exact) mass is 393 g/mol. The second kappa shape index (κ2) is 7.26. The van der Waals surface area contributed by atoms with E-state index in [1.165, 1.54) is 6.07 Å². The van der Waals surface area contributed by atoms with Crippen molar-refractivity contribution in [3.8, 4) is 0 Å². The Hall–Kier alpha value is -2.09. The lowest BCUT2D eigenvalue weighted by Crippen LogP contribution is -2.37. The van der Waals surface area contributed by atoms with Crippen molar-refractivity contribution >= 4 is 33.2 Å². The summed E-state index contributed by atoms with van der Waals surface area (Å²) in [5.41, 5.74) is 2.60. The van der Waals surface area contributed by atoms with Gasteiger partial charge >= 0.3 is 0 Å². The molecule has 0 aromatic heterocycles. The van der Waals surface area contributed by atoms with Crippen molar-refractivity contribution < 1.29 is 13.2 Å². The van der Waals surface area contributed by atoms with Crippen molar-refractivity contribution in [3.05, 3.63) is 58.6 Å². The Labute approximate surface area is 158 Å². The summed E-state index contributed by atoms with van der Waals surface area (Å²) in [6, 6.07) is 11.9. The van der Waals surface area contributed by atoms with Crippen LogP contribution in [0.5, 0.6) is 0 Å². The molecule has 1 amide bonds. The molecule has 1 aliphatic rings. The number of halogens is 1. The summed E-state index contributed by atoms with van der Waals surface area (Å²) in [7, 11) is -3.73. The van der Waals surface area contributed by atoms with Crippen LogP contribution < -0.4 is 15.4 Å². The van der Waals surface area contributed by atoms with E-state index in [0.717, 1.165) is 16.8 Å². The Bertz CT molecular complexity index is 946. The van der Waals surface area contributed by atoms with Gasteiger partial charge in [0.2, 0.25) is 15.9 Å². The molecule has 2 aromatic carbocycles. The van der Waals surface area contributed by atoms with E-state index in [-0.39, 0.29) is 23.4 Å². The van der Waals surface area contributed by atoms with E-state index in [1.807, 2.05) is 30.0 Å². The Morgan fingerprint density at radius 3 is 2.73 bits per heavy atom. The number of nitrogens with one attached hydrogen (secondary N) is 1. The van der Waals surface area contributed by atoms with Crippen molar-refractivity contribution in [2.75, 3.05) is 18.0 Å². The fraction of sp³-hybridized carbons (Fsp3) is 0.278. The highest BCUT2D eigenvalue weighted by Gasteiger charge is 2.23. The number of carbonyl (C=O) groups is 1. The molecular formula is C18H20ClN3O3S. The van der Waals surface area contributed by atoms with Gasteiger partial charge in [-0.2, -0.15) is 0 Å². The Morgan fingerprint density at radius 1 is 1.31 bits per heavy atom. The number of fused-ring (bicyclic) bond motifs is 1. The van der Waals surface area contributed by atoms with E-state index in [4.69, 9.17) is 16.7 Å². The number of sulfonamides is 1. The molecule has 2 aromatic rings. The molecule has 138 valence electrons. The van der Waals surface area contributed by atoms with E-state index in [0.29, 0.717) is 18.0 Å². The largest absolute Gasteiger partial charge is 0.362 e. The van der Waals surface area contributed by atoms with Crippen LogP contribution in [0.25, 0.3) is 0 Å². The molecule has 0 unspecified atom stereocenters. The van der Waals surface area contributed by atoms with Gasteiger partial charge in [-0.1, -0.05) is 29.8 Å². The number of rotatable bonds is 5. The van der Waals surface area contributed by atoms with Crippen molar-refractivity contribution in [3.63, 3.8) is 0 Å². The van der Waals surface area contributed by atoms with Gasteiger partial charge in [-0.05, 0) is 48.7 Å². The first-order valence-corrected chi connectivity index (χ1v) is 10.1. The summed E-state index contributed by atoms with van der Waals surface area (Å²) in [5, 5.41) is 8.73. The van der Waals surface area contributed by atoms with E-state index >= 15 is 0 Å². The first-order chi connectivity index (χ1) is 12.3. The molecule has 8 heteroatoms. The van der Waals surface area contributed by atoms with Crippen LogP contribution in [0.1, 0.15) is 24.1 Å². The highest BCUT2D eigenvalue weighted by atomic mass is 35.5. The molecule has 0 saturated heterocycles. The lowest BCUT2D eigenvalue weighted by Gasteiger charge is -2.21. The quantitative estimate of drug-likeness (QED) is 0.814. The standard InChI is InChI=1S/C18H20ClN3O3S/c1-12(15-4-2-3-5-16(15)19)21-18(23)11-22-9-8-13-10-14(26(20,24)25)6-7-17(13)22/h2-7,10,12H,8-9,11H2,1H3,(H,21,23)(H2,20,24,25)/t12-/m1/s1. The van der Waals surface area contributed by atoms with Gasteiger partial charge in [0.1, 0.15) is 0 Å². The second-order valence-electron chi connectivity index (χ2n) is 6.32. The minimum absolute atomic E-state index is 0.0925. The maximum Gasteiger partial charge on any atom is 0.239 e. The van der Waals surface area contributed by atoms with Gasteiger partial charge < -0.3 is 10.2 Å². The van der Waals surface area contributed by atoms with E-state index < -0.39 is 10.0 Å². The van der Waals surface area contributed by atoms with Gasteiger partial charge in [0.25, 0.3) is 0 Å². The fourth-order valence-electron chi connectivity index (χ4n) is 3.15. The zero-order valence-electron chi connectivity index (χ0n) is 14.3. The summed E-state index contributed by atoms with van der Waals surface area (Å²) < 4.78 is 22.9. The zero-order chi connectivity index (χ0) is 18.9. The molecule has 0 spiro atoms. The number of nitrogens with zero attached hydrogens (tertiary/aromatic N) is 1. The maximum atomic E-state index is 12.4. The predicted octanol–water partition coefficient (Wildman–Crippen LogP) is 2.23. The van der Waals surface area contributed by atoms with Crippen LogP contribution in [-0.4, -0.2) is 27.4 Å².